The van der Waals surface area contributed by atoms with Crippen molar-refractivity contribution in [2.45, 2.75) is 6.92 Å². The first-order valence-electron chi connectivity index (χ1n) is 4.40. The second-order valence-electron chi connectivity index (χ2n) is 3.07. The molecule has 1 N–H and O–H groups in total. The van der Waals surface area contributed by atoms with Gasteiger partial charge in [-0.1, -0.05) is 6.07 Å². The summed E-state index contributed by atoms with van der Waals surface area (Å²) in [6, 6.07) is 5.65. The van der Waals surface area contributed by atoms with Gasteiger partial charge in [0, 0.05) is 13.2 Å². The molecule has 0 atom stereocenters. The van der Waals surface area contributed by atoms with Crippen LogP contribution in [0, 0.1) is 6.92 Å². The summed E-state index contributed by atoms with van der Waals surface area (Å²) in [5.74, 6) is -0.0938. The molecule has 0 unspecified atom stereocenters. The lowest BCUT2D eigenvalue weighted by Crippen LogP contribution is -2.18. The Hall–Kier alpha value is -1.84. The number of carbonyl (C=O) groups excluding carboxylic acids is 1. The van der Waals surface area contributed by atoms with E-state index in [4.69, 9.17) is 0 Å². The van der Waals surface area contributed by atoms with Crippen LogP contribution in [0.1, 0.15) is 16.1 Å². The molecule has 0 saturated carbocycles. The summed E-state index contributed by atoms with van der Waals surface area (Å²) in [5.41, 5.74) is 2.23. The van der Waals surface area contributed by atoms with E-state index >= 15 is 0 Å². The molecule has 14 heavy (non-hydrogen) atoms. The topological polar surface area (TPSA) is 46.4 Å². The normalized spacial score (nSPS) is 10.4. The summed E-state index contributed by atoms with van der Waals surface area (Å²) in [5, 5.41) is 6.85. The molecule has 0 aliphatic carbocycles. The number of fused-ring (bicyclic) bond motifs is 1. The predicted molar refractivity (Wildman–Crippen MR) is 53.3 cm³/mol. The standard InChI is InChI=1S/C10H11N3O/c1-7-9(10(14)11-2)8-5-3-4-6-13(8)12-7/h3-6H,1-2H3,(H,11,14). The fourth-order valence-corrected chi connectivity index (χ4v) is 1.52. The predicted octanol–water partition coefficient (Wildman–Crippen LogP) is 1.00. The summed E-state index contributed by atoms with van der Waals surface area (Å²) in [6.07, 6.45) is 1.83. The van der Waals surface area contributed by atoms with Gasteiger partial charge in [-0.15, -0.1) is 0 Å². The molecule has 0 aliphatic rings. The largest absolute Gasteiger partial charge is 0.355 e. The number of aryl methyl sites for hydroxylation is 1. The second kappa shape index (κ2) is 3.14. The van der Waals surface area contributed by atoms with Gasteiger partial charge in [-0.25, -0.2) is 4.52 Å². The Morgan fingerprint density at radius 3 is 3.00 bits per heavy atom. The number of amides is 1. The molecule has 0 fully saturated rings. The minimum absolute atomic E-state index is 0.0938. The highest BCUT2D eigenvalue weighted by Crippen LogP contribution is 2.14. The third-order valence-electron chi connectivity index (χ3n) is 2.17. The van der Waals surface area contributed by atoms with Gasteiger partial charge in [0.05, 0.1) is 16.8 Å². The molecular formula is C10H11N3O. The van der Waals surface area contributed by atoms with E-state index in [0.717, 1.165) is 11.2 Å². The first kappa shape index (κ1) is 8.74. The van der Waals surface area contributed by atoms with Crippen LogP contribution in [0.5, 0.6) is 0 Å². The van der Waals surface area contributed by atoms with E-state index in [0.29, 0.717) is 5.56 Å². The Morgan fingerprint density at radius 2 is 2.29 bits per heavy atom. The van der Waals surface area contributed by atoms with Gasteiger partial charge >= 0.3 is 0 Å². The lowest BCUT2D eigenvalue weighted by atomic mass is 10.2. The molecule has 2 heterocycles. The van der Waals surface area contributed by atoms with Gasteiger partial charge in [0.25, 0.3) is 5.91 Å². The van der Waals surface area contributed by atoms with E-state index < -0.39 is 0 Å². The molecule has 0 spiro atoms. The quantitative estimate of drug-likeness (QED) is 0.727. The van der Waals surface area contributed by atoms with Crippen LogP contribution < -0.4 is 5.32 Å². The van der Waals surface area contributed by atoms with Crippen LogP contribution in [0.3, 0.4) is 0 Å². The molecule has 0 radical (unpaired) electrons. The summed E-state index contributed by atoms with van der Waals surface area (Å²) < 4.78 is 1.71. The van der Waals surface area contributed by atoms with Crippen molar-refractivity contribution < 1.29 is 4.79 Å². The monoisotopic (exact) mass is 189 g/mol. The number of nitrogens with one attached hydrogen (secondary N) is 1. The van der Waals surface area contributed by atoms with E-state index in [1.165, 1.54) is 0 Å². The van der Waals surface area contributed by atoms with Crippen molar-refractivity contribution in [1.82, 2.24) is 14.9 Å². The summed E-state index contributed by atoms with van der Waals surface area (Å²) in [6.45, 7) is 1.83. The molecular weight excluding hydrogens is 178 g/mol. The molecule has 0 aromatic carbocycles. The SMILES string of the molecule is CNC(=O)c1c(C)nn2ccccc12. The molecule has 2 rings (SSSR count). The maximum Gasteiger partial charge on any atom is 0.255 e. The zero-order valence-electron chi connectivity index (χ0n) is 8.11. The summed E-state index contributed by atoms with van der Waals surface area (Å²) in [7, 11) is 1.62. The van der Waals surface area contributed by atoms with Crippen molar-refractivity contribution in [3.05, 3.63) is 35.7 Å². The van der Waals surface area contributed by atoms with Crippen LogP contribution in [0.25, 0.3) is 5.52 Å². The van der Waals surface area contributed by atoms with Crippen LogP contribution in [0.15, 0.2) is 24.4 Å². The number of aromatic nitrogens is 2. The lowest BCUT2D eigenvalue weighted by molar-refractivity contribution is 0.0964. The minimum Gasteiger partial charge on any atom is -0.355 e. The van der Waals surface area contributed by atoms with E-state index in [1.807, 2.05) is 31.3 Å². The van der Waals surface area contributed by atoms with E-state index in [1.54, 1.807) is 11.6 Å². The molecule has 2 aromatic heterocycles. The summed E-state index contributed by atoms with van der Waals surface area (Å²) in [4.78, 5) is 11.5. The Bertz CT molecular complexity index is 487. The van der Waals surface area contributed by atoms with E-state index in [-0.39, 0.29) is 5.91 Å². The third-order valence-corrected chi connectivity index (χ3v) is 2.17. The Morgan fingerprint density at radius 1 is 1.50 bits per heavy atom. The van der Waals surface area contributed by atoms with Gasteiger partial charge < -0.3 is 5.32 Å². The third kappa shape index (κ3) is 1.16. The highest BCUT2D eigenvalue weighted by Gasteiger charge is 2.14. The number of carbonyl (C=O) groups is 1. The molecule has 4 nitrogen and oxygen atoms in total. The molecule has 0 bridgehead atoms. The van der Waals surface area contributed by atoms with Gasteiger partial charge in [0.15, 0.2) is 0 Å². The minimum atomic E-state index is -0.0938. The van der Waals surface area contributed by atoms with Gasteiger partial charge in [0.2, 0.25) is 0 Å². The zero-order valence-corrected chi connectivity index (χ0v) is 8.11. The first-order chi connectivity index (χ1) is 6.74. The first-order valence-corrected chi connectivity index (χ1v) is 4.40. The fourth-order valence-electron chi connectivity index (χ4n) is 1.52. The lowest BCUT2D eigenvalue weighted by Gasteiger charge is -1.97. The van der Waals surface area contributed by atoms with Crippen LogP contribution >= 0.6 is 0 Å². The van der Waals surface area contributed by atoms with Crippen molar-refractivity contribution in [2.24, 2.45) is 0 Å². The van der Waals surface area contributed by atoms with Crippen molar-refractivity contribution in [3.63, 3.8) is 0 Å². The highest BCUT2D eigenvalue weighted by atomic mass is 16.1. The number of nitrogens with zero attached hydrogens (tertiary/aromatic N) is 2. The van der Waals surface area contributed by atoms with Gasteiger partial charge in [0.1, 0.15) is 0 Å². The number of hydrogen-bond donors (Lipinski definition) is 1. The van der Waals surface area contributed by atoms with Crippen LogP contribution in [0.2, 0.25) is 0 Å². The Balaban J connectivity index is 2.74. The highest BCUT2D eigenvalue weighted by molar-refractivity contribution is 6.01. The van der Waals surface area contributed by atoms with Crippen molar-refractivity contribution in [1.29, 1.82) is 0 Å². The molecule has 4 heteroatoms. The van der Waals surface area contributed by atoms with Crippen molar-refractivity contribution >= 4 is 11.4 Å². The maximum absolute atomic E-state index is 11.5. The number of pyridine rings is 1. The molecule has 1 amide bonds. The van der Waals surface area contributed by atoms with Crippen LogP contribution in [-0.2, 0) is 0 Å². The number of hydrogen-bond acceptors (Lipinski definition) is 2. The Kier molecular flexibility index (Phi) is 1.96. The summed E-state index contributed by atoms with van der Waals surface area (Å²) >= 11 is 0. The maximum atomic E-state index is 11.5. The van der Waals surface area contributed by atoms with Crippen LogP contribution in [0.4, 0.5) is 0 Å². The van der Waals surface area contributed by atoms with E-state index in [2.05, 4.69) is 10.4 Å². The van der Waals surface area contributed by atoms with Crippen molar-refractivity contribution in [2.75, 3.05) is 7.05 Å². The number of rotatable bonds is 1. The molecule has 0 saturated heterocycles. The average molecular weight is 189 g/mol. The Labute approximate surface area is 81.5 Å². The molecule has 0 aliphatic heterocycles. The van der Waals surface area contributed by atoms with Gasteiger partial charge in [-0.2, -0.15) is 5.10 Å². The molecule has 2 aromatic rings. The van der Waals surface area contributed by atoms with Crippen LogP contribution in [-0.4, -0.2) is 22.6 Å². The fraction of sp³-hybridized carbons (Fsp3) is 0.200. The smallest absolute Gasteiger partial charge is 0.255 e. The average Bonchev–Trinajstić information content (AvgIpc) is 2.53. The van der Waals surface area contributed by atoms with E-state index in [9.17, 15) is 4.79 Å². The van der Waals surface area contributed by atoms with Gasteiger partial charge in [-0.3, -0.25) is 4.79 Å². The van der Waals surface area contributed by atoms with Gasteiger partial charge in [-0.05, 0) is 19.1 Å². The second-order valence-corrected chi connectivity index (χ2v) is 3.07. The molecule has 72 valence electrons. The van der Waals surface area contributed by atoms with Crippen molar-refractivity contribution in [3.8, 4) is 0 Å². The zero-order chi connectivity index (χ0) is 10.1.